The Morgan fingerprint density at radius 2 is 2.15 bits per heavy atom. The molecule has 0 aromatic heterocycles. The molecular formula is C15H24ClN3O. The van der Waals surface area contributed by atoms with Crippen molar-refractivity contribution >= 4 is 28.9 Å². The fourth-order valence-electron chi connectivity index (χ4n) is 2.04. The lowest BCUT2D eigenvalue weighted by Crippen LogP contribution is -2.35. The Labute approximate surface area is 126 Å². The van der Waals surface area contributed by atoms with Gasteiger partial charge in [0.2, 0.25) is 5.91 Å². The molecule has 3 N–H and O–H groups in total. The number of nitrogens with two attached hydrogens (primary N) is 1. The van der Waals surface area contributed by atoms with Crippen LogP contribution in [-0.4, -0.2) is 29.9 Å². The standard InChI is InChI=1S/C15H24ClN3O/c1-4-11(3)19(5-2)9-8-15(20)18-12-6-7-13(16)14(17)10-12/h6-7,10-11H,4-5,8-9,17H2,1-3H3,(H,18,20). The number of hydrogen-bond donors (Lipinski definition) is 2. The molecule has 1 aromatic rings. The number of amides is 1. The van der Waals surface area contributed by atoms with E-state index in [1.807, 2.05) is 0 Å². The Kier molecular flexibility index (Phi) is 6.82. The summed E-state index contributed by atoms with van der Waals surface area (Å²) < 4.78 is 0. The van der Waals surface area contributed by atoms with Crippen LogP contribution in [0.4, 0.5) is 11.4 Å². The van der Waals surface area contributed by atoms with Crippen molar-refractivity contribution in [2.24, 2.45) is 0 Å². The Morgan fingerprint density at radius 3 is 2.70 bits per heavy atom. The average Bonchev–Trinajstić information content (AvgIpc) is 2.43. The number of carbonyl (C=O) groups is 1. The van der Waals surface area contributed by atoms with E-state index in [9.17, 15) is 4.79 Å². The first-order chi connectivity index (χ1) is 9.47. The summed E-state index contributed by atoms with van der Waals surface area (Å²) in [5.74, 6) is -0.00604. The molecule has 5 heteroatoms. The van der Waals surface area contributed by atoms with Gasteiger partial charge in [-0.1, -0.05) is 25.4 Å². The van der Waals surface area contributed by atoms with Crippen molar-refractivity contribution in [2.75, 3.05) is 24.1 Å². The van der Waals surface area contributed by atoms with E-state index in [2.05, 4.69) is 31.0 Å². The highest BCUT2D eigenvalue weighted by Gasteiger charge is 2.12. The molecule has 112 valence electrons. The molecule has 4 nitrogen and oxygen atoms in total. The summed E-state index contributed by atoms with van der Waals surface area (Å²) >= 11 is 5.85. The van der Waals surface area contributed by atoms with Crippen LogP contribution < -0.4 is 11.1 Å². The Hall–Kier alpha value is -1.26. The first kappa shape index (κ1) is 16.8. The molecule has 1 rings (SSSR count). The molecule has 0 aliphatic carbocycles. The molecule has 0 fully saturated rings. The highest BCUT2D eigenvalue weighted by molar-refractivity contribution is 6.33. The topological polar surface area (TPSA) is 58.4 Å². The van der Waals surface area contributed by atoms with E-state index in [1.165, 1.54) is 0 Å². The minimum absolute atomic E-state index is 0.00604. The average molecular weight is 298 g/mol. The highest BCUT2D eigenvalue weighted by atomic mass is 35.5. The van der Waals surface area contributed by atoms with E-state index in [1.54, 1.807) is 18.2 Å². The van der Waals surface area contributed by atoms with Crippen LogP contribution in [0, 0.1) is 0 Å². The van der Waals surface area contributed by atoms with Crippen LogP contribution in [0.3, 0.4) is 0 Å². The Morgan fingerprint density at radius 1 is 1.45 bits per heavy atom. The molecule has 1 amide bonds. The van der Waals surface area contributed by atoms with Gasteiger partial charge in [0.05, 0.1) is 10.7 Å². The zero-order valence-electron chi connectivity index (χ0n) is 12.4. The second-order valence-corrected chi connectivity index (χ2v) is 5.33. The van der Waals surface area contributed by atoms with Gasteiger partial charge in [0.1, 0.15) is 0 Å². The highest BCUT2D eigenvalue weighted by Crippen LogP contribution is 2.22. The maximum atomic E-state index is 11.9. The number of anilines is 2. The largest absolute Gasteiger partial charge is 0.397 e. The van der Waals surface area contributed by atoms with Crippen molar-refractivity contribution in [3.05, 3.63) is 23.2 Å². The third-order valence-electron chi connectivity index (χ3n) is 3.53. The Balaban J connectivity index is 2.49. The molecule has 0 aliphatic rings. The van der Waals surface area contributed by atoms with Crippen LogP contribution in [-0.2, 0) is 4.79 Å². The zero-order valence-corrected chi connectivity index (χ0v) is 13.2. The van der Waals surface area contributed by atoms with Crippen molar-refractivity contribution < 1.29 is 4.79 Å². The summed E-state index contributed by atoms with van der Waals surface area (Å²) in [6, 6.07) is 5.61. The van der Waals surface area contributed by atoms with Crippen LogP contribution >= 0.6 is 11.6 Å². The van der Waals surface area contributed by atoms with E-state index in [0.717, 1.165) is 19.5 Å². The third kappa shape index (κ3) is 5.02. The van der Waals surface area contributed by atoms with Crippen LogP contribution in [0.25, 0.3) is 0 Å². The van der Waals surface area contributed by atoms with E-state index in [0.29, 0.717) is 28.9 Å². The minimum atomic E-state index is -0.00604. The molecule has 0 heterocycles. The molecule has 1 unspecified atom stereocenters. The van der Waals surface area contributed by atoms with Crippen molar-refractivity contribution in [1.82, 2.24) is 4.90 Å². The SMILES string of the molecule is CCC(C)N(CC)CCC(=O)Nc1ccc(Cl)c(N)c1. The predicted molar refractivity (Wildman–Crippen MR) is 86.1 cm³/mol. The summed E-state index contributed by atoms with van der Waals surface area (Å²) in [7, 11) is 0. The number of nitrogens with one attached hydrogen (secondary N) is 1. The van der Waals surface area contributed by atoms with Gasteiger partial charge < -0.3 is 16.0 Å². The smallest absolute Gasteiger partial charge is 0.225 e. The number of hydrogen-bond acceptors (Lipinski definition) is 3. The zero-order chi connectivity index (χ0) is 15.1. The number of nitrogens with zero attached hydrogens (tertiary/aromatic N) is 1. The van der Waals surface area contributed by atoms with E-state index in [4.69, 9.17) is 17.3 Å². The Bertz CT molecular complexity index is 451. The van der Waals surface area contributed by atoms with Crippen molar-refractivity contribution in [2.45, 2.75) is 39.7 Å². The lowest BCUT2D eigenvalue weighted by atomic mass is 10.2. The molecule has 0 bridgehead atoms. The molecule has 0 saturated heterocycles. The summed E-state index contributed by atoms with van der Waals surface area (Å²) in [6.07, 6.45) is 1.56. The van der Waals surface area contributed by atoms with Gasteiger partial charge in [-0.25, -0.2) is 0 Å². The fraction of sp³-hybridized carbons (Fsp3) is 0.533. The van der Waals surface area contributed by atoms with E-state index >= 15 is 0 Å². The van der Waals surface area contributed by atoms with Crippen LogP contribution in [0.5, 0.6) is 0 Å². The molecule has 1 aromatic carbocycles. The lowest BCUT2D eigenvalue weighted by Gasteiger charge is -2.26. The predicted octanol–water partition coefficient (Wildman–Crippen LogP) is 3.37. The van der Waals surface area contributed by atoms with Crippen LogP contribution in [0.15, 0.2) is 18.2 Å². The van der Waals surface area contributed by atoms with Crippen LogP contribution in [0.2, 0.25) is 5.02 Å². The fourth-order valence-corrected chi connectivity index (χ4v) is 2.16. The molecular weight excluding hydrogens is 274 g/mol. The van der Waals surface area contributed by atoms with Gasteiger partial charge in [0.15, 0.2) is 0 Å². The summed E-state index contributed by atoms with van der Waals surface area (Å²) in [4.78, 5) is 14.2. The van der Waals surface area contributed by atoms with E-state index in [-0.39, 0.29) is 5.91 Å². The molecule has 0 aliphatic heterocycles. The maximum Gasteiger partial charge on any atom is 0.225 e. The number of halogens is 1. The summed E-state index contributed by atoms with van der Waals surface area (Å²) in [6.45, 7) is 8.17. The lowest BCUT2D eigenvalue weighted by molar-refractivity contribution is -0.116. The summed E-state index contributed by atoms with van der Waals surface area (Å²) in [5.41, 5.74) is 6.86. The summed E-state index contributed by atoms with van der Waals surface area (Å²) in [5, 5.41) is 3.34. The van der Waals surface area contributed by atoms with Gasteiger partial charge in [0.25, 0.3) is 0 Å². The number of rotatable bonds is 7. The van der Waals surface area contributed by atoms with Gasteiger partial charge >= 0.3 is 0 Å². The van der Waals surface area contributed by atoms with E-state index < -0.39 is 0 Å². The minimum Gasteiger partial charge on any atom is -0.397 e. The quantitative estimate of drug-likeness (QED) is 0.759. The number of carbonyl (C=O) groups excluding carboxylic acids is 1. The van der Waals surface area contributed by atoms with Gasteiger partial charge in [-0.05, 0) is 38.1 Å². The van der Waals surface area contributed by atoms with Gasteiger partial charge in [-0.15, -0.1) is 0 Å². The van der Waals surface area contributed by atoms with Crippen molar-refractivity contribution in [1.29, 1.82) is 0 Å². The van der Waals surface area contributed by atoms with Crippen molar-refractivity contribution in [3.8, 4) is 0 Å². The van der Waals surface area contributed by atoms with Gasteiger partial charge in [0, 0.05) is 24.7 Å². The molecule has 1 atom stereocenters. The second kappa shape index (κ2) is 8.12. The van der Waals surface area contributed by atoms with Gasteiger partial charge in [-0.2, -0.15) is 0 Å². The molecule has 20 heavy (non-hydrogen) atoms. The number of nitrogen functional groups attached to an aromatic ring is 1. The normalized spacial score (nSPS) is 12.4. The first-order valence-corrected chi connectivity index (χ1v) is 7.44. The van der Waals surface area contributed by atoms with Crippen molar-refractivity contribution in [3.63, 3.8) is 0 Å². The van der Waals surface area contributed by atoms with Crippen LogP contribution in [0.1, 0.15) is 33.6 Å². The van der Waals surface area contributed by atoms with Gasteiger partial charge in [-0.3, -0.25) is 4.79 Å². The first-order valence-electron chi connectivity index (χ1n) is 7.06. The monoisotopic (exact) mass is 297 g/mol. The molecule has 0 saturated carbocycles. The molecule has 0 spiro atoms. The maximum absolute atomic E-state index is 11.9. The second-order valence-electron chi connectivity index (χ2n) is 4.92. The number of benzene rings is 1. The molecule has 0 radical (unpaired) electrons. The third-order valence-corrected chi connectivity index (χ3v) is 3.87.